The van der Waals surface area contributed by atoms with E-state index in [1.807, 2.05) is 0 Å². The predicted molar refractivity (Wildman–Crippen MR) is 99.4 cm³/mol. The normalized spacial score (nSPS) is 27.0. The van der Waals surface area contributed by atoms with Crippen LogP contribution < -0.4 is 5.43 Å². The van der Waals surface area contributed by atoms with E-state index in [2.05, 4.69) is 0 Å². The van der Waals surface area contributed by atoms with Gasteiger partial charge in [0.25, 0.3) is 0 Å². The Morgan fingerprint density at radius 2 is 1.47 bits per heavy atom. The maximum Gasteiger partial charge on any atom is 0.204 e. The molecular formula is C19H18O11. The lowest BCUT2D eigenvalue weighted by molar-refractivity contribution is -0.232. The zero-order valence-electron chi connectivity index (χ0n) is 15.1. The van der Waals surface area contributed by atoms with Gasteiger partial charge in [-0.2, -0.15) is 0 Å². The molecule has 11 heteroatoms. The number of aliphatic hydroxyl groups excluding tert-OH is 4. The third-order valence-electron chi connectivity index (χ3n) is 5.23. The van der Waals surface area contributed by atoms with Crippen molar-refractivity contribution in [3.05, 3.63) is 34.0 Å². The van der Waals surface area contributed by atoms with Crippen LogP contribution in [-0.4, -0.2) is 71.9 Å². The molecule has 0 spiro atoms. The highest BCUT2D eigenvalue weighted by molar-refractivity contribution is 5.96. The largest absolute Gasteiger partial charge is 0.507 e. The van der Waals surface area contributed by atoms with Crippen molar-refractivity contribution in [3.63, 3.8) is 0 Å². The summed E-state index contributed by atoms with van der Waals surface area (Å²) < 4.78 is 10.8. The van der Waals surface area contributed by atoms with E-state index in [1.54, 1.807) is 0 Å². The molecule has 1 aliphatic rings. The van der Waals surface area contributed by atoms with Crippen LogP contribution in [0.25, 0.3) is 21.9 Å². The van der Waals surface area contributed by atoms with Gasteiger partial charge in [-0.25, -0.2) is 0 Å². The van der Waals surface area contributed by atoms with Crippen molar-refractivity contribution in [1.82, 2.24) is 0 Å². The van der Waals surface area contributed by atoms with Crippen molar-refractivity contribution in [2.45, 2.75) is 30.5 Å². The number of aliphatic hydroxyl groups is 4. The van der Waals surface area contributed by atoms with Crippen LogP contribution in [0.4, 0.5) is 0 Å². The average molecular weight is 422 g/mol. The molecule has 30 heavy (non-hydrogen) atoms. The lowest BCUT2D eigenvalue weighted by Crippen LogP contribution is -2.55. The van der Waals surface area contributed by atoms with Crippen LogP contribution in [0, 0.1) is 0 Å². The molecule has 0 bridgehead atoms. The van der Waals surface area contributed by atoms with Crippen LogP contribution >= 0.6 is 0 Å². The molecular weight excluding hydrogens is 404 g/mol. The quantitative estimate of drug-likeness (QED) is 0.191. The molecule has 11 nitrogen and oxygen atoms in total. The molecule has 5 atom stereocenters. The summed E-state index contributed by atoms with van der Waals surface area (Å²) in [6.45, 7) is -0.730. The zero-order chi connectivity index (χ0) is 21.9. The van der Waals surface area contributed by atoms with Gasteiger partial charge in [-0.05, 0) is 6.07 Å². The first-order valence-corrected chi connectivity index (χ1v) is 8.83. The molecule has 0 aliphatic carbocycles. The molecule has 0 amide bonds. The van der Waals surface area contributed by atoms with Crippen LogP contribution in [0.1, 0.15) is 11.7 Å². The Labute approximate surface area is 166 Å². The molecule has 8 N–H and O–H groups in total. The van der Waals surface area contributed by atoms with E-state index >= 15 is 0 Å². The SMILES string of the molecule is O=c1c2cc(O)c(O)cc2oc2cc(O)c([C@@H]3O[C@H](CO)[C@H](O)[C@@H](O)[C@H]3O)c(O)c12. The summed E-state index contributed by atoms with van der Waals surface area (Å²) in [5.41, 5.74) is -1.66. The minimum Gasteiger partial charge on any atom is -0.507 e. The van der Waals surface area contributed by atoms with E-state index in [-0.39, 0.29) is 16.6 Å². The van der Waals surface area contributed by atoms with Gasteiger partial charge in [0.15, 0.2) is 11.5 Å². The topological polar surface area (TPSA) is 201 Å². The Morgan fingerprint density at radius 1 is 0.833 bits per heavy atom. The van der Waals surface area contributed by atoms with Crippen LogP contribution in [-0.2, 0) is 4.74 Å². The van der Waals surface area contributed by atoms with Gasteiger partial charge in [-0.3, -0.25) is 4.79 Å². The minimum atomic E-state index is -1.81. The fourth-order valence-electron chi connectivity index (χ4n) is 3.64. The van der Waals surface area contributed by atoms with E-state index in [9.17, 15) is 45.6 Å². The van der Waals surface area contributed by atoms with Gasteiger partial charge in [0.1, 0.15) is 58.6 Å². The summed E-state index contributed by atoms with van der Waals surface area (Å²) in [7, 11) is 0. The van der Waals surface area contributed by atoms with Crippen molar-refractivity contribution in [1.29, 1.82) is 0 Å². The van der Waals surface area contributed by atoms with Gasteiger partial charge in [0.2, 0.25) is 5.43 Å². The van der Waals surface area contributed by atoms with Crippen molar-refractivity contribution >= 4 is 21.9 Å². The fourth-order valence-corrected chi connectivity index (χ4v) is 3.64. The van der Waals surface area contributed by atoms with E-state index in [0.29, 0.717) is 0 Å². The monoisotopic (exact) mass is 422 g/mol. The lowest BCUT2D eigenvalue weighted by Gasteiger charge is -2.40. The molecule has 4 rings (SSSR count). The first-order chi connectivity index (χ1) is 14.1. The molecule has 1 saturated heterocycles. The average Bonchev–Trinajstić information content (AvgIpc) is 2.69. The lowest BCUT2D eigenvalue weighted by atomic mass is 9.89. The number of ether oxygens (including phenoxy) is 1. The number of phenols is 4. The zero-order valence-corrected chi connectivity index (χ0v) is 15.1. The number of aromatic hydroxyl groups is 4. The second-order valence-corrected chi connectivity index (χ2v) is 7.05. The fraction of sp³-hybridized carbons (Fsp3) is 0.316. The highest BCUT2D eigenvalue weighted by atomic mass is 16.5. The Balaban J connectivity index is 1.98. The summed E-state index contributed by atoms with van der Waals surface area (Å²) in [6, 6.07) is 2.90. The second kappa shape index (κ2) is 7.00. The Kier molecular flexibility index (Phi) is 4.71. The third kappa shape index (κ3) is 2.83. The van der Waals surface area contributed by atoms with Gasteiger partial charge < -0.3 is 50.0 Å². The molecule has 0 unspecified atom stereocenters. The molecule has 160 valence electrons. The summed E-state index contributed by atoms with van der Waals surface area (Å²) in [5.74, 6) is -2.62. The van der Waals surface area contributed by atoms with E-state index in [0.717, 1.165) is 18.2 Å². The number of fused-ring (bicyclic) bond motifs is 2. The second-order valence-electron chi connectivity index (χ2n) is 7.05. The Morgan fingerprint density at radius 3 is 2.13 bits per heavy atom. The van der Waals surface area contributed by atoms with Gasteiger partial charge in [0, 0.05) is 12.1 Å². The van der Waals surface area contributed by atoms with E-state index in [4.69, 9.17) is 9.15 Å². The van der Waals surface area contributed by atoms with Crippen LogP contribution in [0.2, 0.25) is 0 Å². The summed E-state index contributed by atoms with van der Waals surface area (Å²) in [6.07, 6.45) is -8.16. The van der Waals surface area contributed by atoms with Crippen molar-refractivity contribution in [2.75, 3.05) is 6.61 Å². The summed E-state index contributed by atoms with van der Waals surface area (Å²) >= 11 is 0. The van der Waals surface area contributed by atoms with Crippen LogP contribution in [0.15, 0.2) is 27.4 Å². The van der Waals surface area contributed by atoms with Crippen molar-refractivity contribution in [3.8, 4) is 23.0 Å². The number of rotatable bonds is 2. The highest BCUT2D eigenvalue weighted by Crippen LogP contribution is 2.45. The molecule has 3 aromatic rings. The number of benzene rings is 2. The molecule has 2 aromatic carbocycles. The number of phenolic OH excluding ortho intramolecular Hbond substituents is 4. The number of hydrogen-bond donors (Lipinski definition) is 8. The molecule has 1 aliphatic heterocycles. The third-order valence-corrected chi connectivity index (χ3v) is 5.23. The van der Waals surface area contributed by atoms with Gasteiger partial charge in [0.05, 0.1) is 17.6 Å². The number of hydrogen-bond acceptors (Lipinski definition) is 11. The van der Waals surface area contributed by atoms with Crippen LogP contribution in [0.3, 0.4) is 0 Å². The minimum absolute atomic E-state index is 0.123. The van der Waals surface area contributed by atoms with Gasteiger partial charge >= 0.3 is 0 Å². The van der Waals surface area contributed by atoms with Crippen molar-refractivity contribution in [2.24, 2.45) is 0 Å². The molecule has 0 saturated carbocycles. The standard InChI is InChI=1S/C19H18O11/c20-4-11-15(25)17(27)18(28)19(30-11)12-8(23)3-10-13(16(12)26)14(24)5-1-6(21)7(22)2-9(5)29-10/h1-3,11,15,17-23,25-28H,4H2/t11-,15+,17-,18-,19+/m1/s1. The highest BCUT2D eigenvalue weighted by Gasteiger charge is 2.46. The first kappa shape index (κ1) is 20.2. The van der Waals surface area contributed by atoms with E-state index < -0.39 is 76.5 Å². The molecule has 0 radical (unpaired) electrons. The van der Waals surface area contributed by atoms with Crippen molar-refractivity contribution < 1.29 is 50.0 Å². The van der Waals surface area contributed by atoms with Gasteiger partial charge in [-0.1, -0.05) is 0 Å². The molecule has 1 aromatic heterocycles. The Hall–Kier alpha value is -3.09. The van der Waals surface area contributed by atoms with Crippen LogP contribution in [0.5, 0.6) is 23.0 Å². The Bertz CT molecular complexity index is 1200. The predicted octanol–water partition coefficient (Wildman–Crippen LogP) is -0.717. The maximum absolute atomic E-state index is 12.9. The molecule has 2 heterocycles. The summed E-state index contributed by atoms with van der Waals surface area (Å²) in [4.78, 5) is 12.9. The molecule has 1 fully saturated rings. The van der Waals surface area contributed by atoms with Gasteiger partial charge in [-0.15, -0.1) is 0 Å². The maximum atomic E-state index is 12.9. The smallest absolute Gasteiger partial charge is 0.204 e. The summed E-state index contributed by atoms with van der Waals surface area (Å²) in [5, 5.41) is 79.4. The first-order valence-electron chi connectivity index (χ1n) is 8.83. The van der Waals surface area contributed by atoms with E-state index in [1.165, 1.54) is 0 Å².